The average molecular weight is 299 g/mol. The number of hydrogen-bond donors (Lipinski definition) is 4. The first-order valence-electron chi connectivity index (χ1n) is 6.49. The van der Waals surface area contributed by atoms with E-state index in [0.29, 0.717) is 6.42 Å². The lowest BCUT2D eigenvalue weighted by Crippen LogP contribution is -2.40. The predicted molar refractivity (Wildman–Crippen MR) is 70.9 cm³/mol. The van der Waals surface area contributed by atoms with Crippen molar-refractivity contribution < 1.29 is 19.7 Å². The van der Waals surface area contributed by atoms with E-state index in [1.807, 2.05) is 4.98 Å². The number of ether oxygens (including phenoxy) is 1. The minimum absolute atomic E-state index is 0.290. The van der Waals surface area contributed by atoms with Crippen molar-refractivity contribution in [1.29, 1.82) is 0 Å². The second-order valence-corrected chi connectivity index (χ2v) is 4.74. The Morgan fingerprint density at radius 1 is 1.43 bits per heavy atom. The van der Waals surface area contributed by atoms with Gasteiger partial charge in [0.15, 0.2) is 6.23 Å². The Balaban J connectivity index is 2.47. The first-order valence-corrected chi connectivity index (χ1v) is 6.49. The van der Waals surface area contributed by atoms with Gasteiger partial charge in [0.1, 0.15) is 17.8 Å². The van der Waals surface area contributed by atoms with Gasteiger partial charge >= 0.3 is 5.69 Å². The molecular weight excluding hydrogens is 282 g/mol. The number of aliphatic hydroxyl groups is 2. The van der Waals surface area contributed by atoms with E-state index in [-0.39, 0.29) is 5.56 Å². The molecule has 4 N–H and O–H groups in total. The summed E-state index contributed by atoms with van der Waals surface area (Å²) in [7, 11) is 1.34. The second-order valence-electron chi connectivity index (χ2n) is 4.74. The standard InChI is InChI=1S/C12H17N3O6/c1-3-6-7(16)8(17)11(21-6)15-4-5(9(18)13-2)10(19)14-12(15)20/h4,6-8,11,16-17H,3H2,1-2H3,(H,13,18)(H,14,19,20)/t6-,7?,8+,11-/m1/s1. The summed E-state index contributed by atoms with van der Waals surface area (Å²) < 4.78 is 6.32. The molecule has 1 aromatic rings. The molecule has 0 aliphatic carbocycles. The maximum atomic E-state index is 11.8. The maximum absolute atomic E-state index is 11.8. The van der Waals surface area contributed by atoms with Crippen LogP contribution in [0.25, 0.3) is 0 Å². The van der Waals surface area contributed by atoms with Gasteiger partial charge in [0, 0.05) is 13.2 Å². The molecule has 1 fully saturated rings. The summed E-state index contributed by atoms with van der Waals surface area (Å²) in [5.74, 6) is -0.676. The van der Waals surface area contributed by atoms with Crippen LogP contribution in [-0.4, -0.2) is 51.0 Å². The number of hydrogen-bond acceptors (Lipinski definition) is 6. The molecule has 1 amide bonds. The Kier molecular flexibility index (Phi) is 4.26. The number of carbonyl (C=O) groups excluding carboxylic acids is 1. The van der Waals surface area contributed by atoms with E-state index >= 15 is 0 Å². The molecule has 1 unspecified atom stereocenters. The highest BCUT2D eigenvalue weighted by molar-refractivity contribution is 5.93. The van der Waals surface area contributed by atoms with Gasteiger partial charge in [-0.15, -0.1) is 0 Å². The number of aromatic amines is 1. The van der Waals surface area contributed by atoms with Gasteiger partial charge in [0.2, 0.25) is 0 Å². The summed E-state index contributed by atoms with van der Waals surface area (Å²) in [5.41, 5.74) is -1.96. The highest BCUT2D eigenvalue weighted by atomic mass is 16.6. The molecule has 2 rings (SSSR count). The Hall–Kier alpha value is -1.97. The molecule has 1 saturated heterocycles. The van der Waals surface area contributed by atoms with Crippen LogP contribution in [-0.2, 0) is 4.74 Å². The molecular formula is C12H17N3O6. The van der Waals surface area contributed by atoms with Crippen LogP contribution in [0.4, 0.5) is 0 Å². The number of nitrogens with one attached hydrogen (secondary N) is 2. The third-order valence-corrected chi connectivity index (χ3v) is 3.45. The summed E-state index contributed by atoms with van der Waals surface area (Å²) in [5, 5.41) is 22.1. The van der Waals surface area contributed by atoms with Crippen molar-refractivity contribution in [2.45, 2.75) is 37.9 Å². The Labute approximate surface area is 119 Å². The Bertz CT molecular complexity index is 651. The Morgan fingerprint density at radius 3 is 2.62 bits per heavy atom. The van der Waals surface area contributed by atoms with Crippen LogP contribution in [0.1, 0.15) is 29.9 Å². The van der Waals surface area contributed by atoms with Crippen LogP contribution >= 0.6 is 0 Å². The number of nitrogens with zero attached hydrogens (tertiary/aromatic N) is 1. The number of aromatic nitrogens is 2. The molecule has 0 aromatic carbocycles. The summed E-state index contributed by atoms with van der Waals surface area (Å²) in [6.45, 7) is 1.76. The predicted octanol–water partition coefficient (Wildman–Crippen LogP) is -2.07. The molecule has 9 nitrogen and oxygen atoms in total. The van der Waals surface area contributed by atoms with Crippen molar-refractivity contribution in [3.63, 3.8) is 0 Å². The van der Waals surface area contributed by atoms with Gasteiger partial charge in [-0.3, -0.25) is 19.1 Å². The summed E-state index contributed by atoms with van der Waals surface area (Å²) in [6, 6.07) is 0. The van der Waals surface area contributed by atoms with Gasteiger partial charge < -0.3 is 20.3 Å². The molecule has 1 aliphatic heterocycles. The lowest BCUT2D eigenvalue weighted by atomic mass is 10.1. The van der Waals surface area contributed by atoms with Crippen LogP contribution in [0.15, 0.2) is 15.8 Å². The zero-order chi connectivity index (χ0) is 15.7. The third kappa shape index (κ3) is 2.62. The summed E-state index contributed by atoms with van der Waals surface area (Å²) in [4.78, 5) is 37.0. The molecule has 1 aliphatic rings. The zero-order valence-corrected chi connectivity index (χ0v) is 11.6. The molecule has 0 radical (unpaired) electrons. The Morgan fingerprint density at radius 2 is 2.10 bits per heavy atom. The number of rotatable bonds is 3. The SMILES string of the molecule is CC[C@H]1O[C@@H](n2cc(C(=O)NC)c(=O)[nH]c2=O)[C@@H](O)C1O. The van der Waals surface area contributed by atoms with Gasteiger partial charge in [-0.2, -0.15) is 0 Å². The molecule has 116 valence electrons. The van der Waals surface area contributed by atoms with Crippen molar-refractivity contribution in [3.8, 4) is 0 Å². The second kappa shape index (κ2) is 5.80. The topological polar surface area (TPSA) is 134 Å². The third-order valence-electron chi connectivity index (χ3n) is 3.45. The van der Waals surface area contributed by atoms with Gasteiger partial charge in [0.05, 0.1) is 6.10 Å². The number of carbonyl (C=O) groups is 1. The lowest BCUT2D eigenvalue weighted by Gasteiger charge is -2.17. The van der Waals surface area contributed by atoms with E-state index in [4.69, 9.17) is 4.74 Å². The van der Waals surface area contributed by atoms with Crippen LogP contribution in [0, 0.1) is 0 Å². The fourth-order valence-electron chi connectivity index (χ4n) is 2.27. The normalized spacial score (nSPS) is 28.6. The van der Waals surface area contributed by atoms with E-state index in [1.54, 1.807) is 6.92 Å². The molecule has 0 bridgehead atoms. The first-order chi connectivity index (χ1) is 9.90. The zero-order valence-electron chi connectivity index (χ0n) is 11.6. The molecule has 1 aromatic heterocycles. The van der Waals surface area contributed by atoms with Crippen molar-refractivity contribution in [2.24, 2.45) is 0 Å². The van der Waals surface area contributed by atoms with Crippen LogP contribution in [0.5, 0.6) is 0 Å². The average Bonchev–Trinajstić information content (AvgIpc) is 2.74. The van der Waals surface area contributed by atoms with Crippen LogP contribution < -0.4 is 16.6 Å². The van der Waals surface area contributed by atoms with Crippen molar-refractivity contribution in [2.75, 3.05) is 7.05 Å². The summed E-state index contributed by atoms with van der Waals surface area (Å²) in [6.07, 6.45) is -2.84. The first kappa shape index (κ1) is 15.4. The molecule has 0 spiro atoms. The fraction of sp³-hybridized carbons (Fsp3) is 0.583. The maximum Gasteiger partial charge on any atom is 0.330 e. The molecule has 9 heteroatoms. The number of H-pyrrole nitrogens is 1. The lowest BCUT2D eigenvalue weighted by molar-refractivity contribution is -0.0405. The van der Waals surface area contributed by atoms with Gasteiger partial charge in [-0.1, -0.05) is 6.92 Å². The van der Waals surface area contributed by atoms with Gasteiger partial charge in [0.25, 0.3) is 11.5 Å². The minimum Gasteiger partial charge on any atom is -0.388 e. The molecule has 2 heterocycles. The highest BCUT2D eigenvalue weighted by Gasteiger charge is 2.43. The fourth-order valence-corrected chi connectivity index (χ4v) is 2.27. The van der Waals surface area contributed by atoms with Crippen molar-refractivity contribution in [3.05, 3.63) is 32.6 Å². The molecule has 4 atom stereocenters. The van der Waals surface area contributed by atoms with Crippen molar-refractivity contribution >= 4 is 5.91 Å². The van der Waals surface area contributed by atoms with Crippen LogP contribution in [0.2, 0.25) is 0 Å². The summed E-state index contributed by atoms with van der Waals surface area (Å²) >= 11 is 0. The number of amides is 1. The molecule has 0 saturated carbocycles. The van der Waals surface area contributed by atoms with Gasteiger partial charge in [-0.25, -0.2) is 4.79 Å². The largest absolute Gasteiger partial charge is 0.388 e. The van der Waals surface area contributed by atoms with Crippen molar-refractivity contribution in [1.82, 2.24) is 14.9 Å². The molecule has 21 heavy (non-hydrogen) atoms. The highest BCUT2D eigenvalue weighted by Crippen LogP contribution is 2.29. The van der Waals surface area contributed by atoms with E-state index in [9.17, 15) is 24.6 Å². The monoisotopic (exact) mass is 299 g/mol. The van der Waals surface area contributed by atoms with Crippen LogP contribution in [0.3, 0.4) is 0 Å². The quantitative estimate of drug-likeness (QED) is 0.506. The minimum atomic E-state index is -1.34. The number of aliphatic hydroxyl groups excluding tert-OH is 2. The van der Waals surface area contributed by atoms with E-state index in [0.717, 1.165) is 10.8 Å². The smallest absolute Gasteiger partial charge is 0.330 e. The van der Waals surface area contributed by atoms with E-state index in [2.05, 4.69) is 5.32 Å². The van der Waals surface area contributed by atoms with E-state index in [1.165, 1.54) is 7.05 Å². The van der Waals surface area contributed by atoms with Gasteiger partial charge in [-0.05, 0) is 6.42 Å². The van der Waals surface area contributed by atoms with E-state index < -0.39 is 41.7 Å².